The second-order valence-corrected chi connectivity index (χ2v) is 8.16. The molecular weight excluding hydrogens is 318 g/mol. The second-order valence-electron chi connectivity index (χ2n) is 8.16. The topological polar surface area (TPSA) is 72.4 Å². The number of ether oxygens (including phenoxy) is 2. The summed E-state index contributed by atoms with van der Waals surface area (Å²) in [6.45, 7) is 9.58. The van der Waals surface area contributed by atoms with Crippen LogP contribution in [0.25, 0.3) is 0 Å². The van der Waals surface area contributed by atoms with Gasteiger partial charge in [0.05, 0.1) is 25.8 Å². The largest absolute Gasteiger partial charge is 0.461 e. The van der Waals surface area contributed by atoms with Crippen molar-refractivity contribution in [2.45, 2.75) is 58.7 Å². The van der Waals surface area contributed by atoms with Gasteiger partial charge in [-0.05, 0) is 25.7 Å². The average molecular weight is 352 g/mol. The first-order valence-electron chi connectivity index (χ1n) is 9.97. The van der Waals surface area contributed by atoms with Crippen molar-refractivity contribution < 1.29 is 24.7 Å². The van der Waals surface area contributed by atoms with Gasteiger partial charge < -0.3 is 19.9 Å². The van der Waals surface area contributed by atoms with Crippen LogP contribution < -0.4 is 5.32 Å². The van der Waals surface area contributed by atoms with Gasteiger partial charge >= 0.3 is 5.97 Å². The lowest BCUT2D eigenvalue weighted by molar-refractivity contribution is -0.660. The van der Waals surface area contributed by atoms with Gasteiger partial charge in [0.15, 0.2) is 0 Å². The third-order valence-corrected chi connectivity index (χ3v) is 6.89. The molecule has 1 aliphatic heterocycles. The molecule has 2 fully saturated rings. The van der Waals surface area contributed by atoms with Crippen LogP contribution in [0.3, 0.4) is 0 Å². The van der Waals surface area contributed by atoms with Crippen molar-refractivity contribution >= 4 is 5.97 Å². The first kappa shape index (κ1) is 18.9. The summed E-state index contributed by atoms with van der Waals surface area (Å²) in [6, 6.07) is 0. The quantitative estimate of drug-likeness (QED) is 0.411. The van der Waals surface area contributed by atoms with Crippen molar-refractivity contribution in [2.75, 3.05) is 26.3 Å². The van der Waals surface area contributed by atoms with Crippen LogP contribution in [0, 0.1) is 23.2 Å². The summed E-state index contributed by atoms with van der Waals surface area (Å²) >= 11 is 0. The van der Waals surface area contributed by atoms with Gasteiger partial charge in [-0.2, -0.15) is 0 Å². The van der Waals surface area contributed by atoms with E-state index in [1.807, 2.05) is 6.92 Å². The van der Waals surface area contributed by atoms with E-state index < -0.39 is 6.10 Å². The molecule has 0 aromatic heterocycles. The fraction of sp³-hybridized carbons (Fsp3) is 0.850. The first-order chi connectivity index (χ1) is 12.0. The number of carbonyl (C=O) groups excluding carboxylic acids is 1. The van der Waals surface area contributed by atoms with Gasteiger partial charge in [0.1, 0.15) is 12.0 Å². The number of fused-ring (bicyclic) bond motifs is 2. The Morgan fingerprint density at radius 3 is 3.04 bits per heavy atom. The number of allylic oxidation sites excluding steroid dienone is 1. The maximum absolute atomic E-state index is 12.4. The Hall–Kier alpha value is -0.910. The highest BCUT2D eigenvalue weighted by Gasteiger charge is 2.60. The minimum absolute atomic E-state index is 0.0710. The Morgan fingerprint density at radius 2 is 2.28 bits per heavy atom. The van der Waals surface area contributed by atoms with Crippen molar-refractivity contribution in [3.05, 3.63) is 11.6 Å². The number of esters is 1. The zero-order valence-electron chi connectivity index (χ0n) is 15.9. The maximum atomic E-state index is 12.4. The average Bonchev–Trinajstić information content (AvgIpc) is 2.89. The number of carbonyl (C=O) groups is 1. The van der Waals surface area contributed by atoms with Gasteiger partial charge in [-0.3, -0.25) is 4.79 Å². The molecule has 2 aliphatic carbocycles. The molecule has 25 heavy (non-hydrogen) atoms. The summed E-state index contributed by atoms with van der Waals surface area (Å²) in [7, 11) is 0. The molecule has 1 saturated carbocycles. The minimum Gasteiger partial charge on any atom is -0.461 e. The first-order valence-corrected chi connectivity index (χ1v) is 9.97. The van der Waals surface area contributed by atoms with E-state index in [1.165, 1.54) is 5.57 Å². The molecular formula is C20H34NO4+. The monoisotopic (exact) mass is 352 g/mol. The number of quaternary nitrogens is 1. The molecule has 5 heteroatoms. The lowest BCUT2D eigenvalue weighted by Crippen LogP contribution is -2.86. The number of aliphatic hydroxyl groups excluding tert-OH is 1. The summed E-state index contributed by atoms with van der Waals surface area (Å²) < 4.78 is 11.0. The molecule has 0 spiro atoms. The normalized spacial score (nSPS) is 40.2. The number of rotatable bonds is 7. The molecule has 3 rings (SSSR count). The molecule has 0 aromatic carbocycles. The highest BCUT2D eigenvalue weighted by molar-refractivity contribution is 5.76. The second kappa shape index (κ2) is 7.77. The number of nitrogens with two attached hydrogens (primary N) is 1. The van der Waals surface area contributed by atoms with Crippen molar-refractivity contribution in [3.63, 3.8) is 0 Å². The third-order valence-electron chi connectivity index (χ3n) is 6.89. The highest BCUT2D eigenvalue weighted by atomic mass is 16.6. The number of hydrogen-bond donors (Lipinski definition) is 2. The molecule has 1 heterocycles. The van der Waals surface area contributed by atoms with E-state index in [0.29, 0.717) is 12.5 Å². The van der Waals surface area contributed by atoms with E-state index in [0.717, 1.165) is 45.4 Å². The van der Waals surface area contributed by atoms with Crippen molar-refractivity contribution in [2.24, 2.45) is 23.2 Å². The Balaban J connectivity index is 1.66. The van der Waals surface area contributed by atoms with Gasteiger partial charge in [-0.1, -0.05) is 25.5 Å². The zero-order valence-corrected chi connectivity index (χ0v) is 15.9. The highest BCUT2D eigenvalue weighted by Crippen LogP contribution is 2.55. The Morgan fingerprint density at radius 1 is 1.48 bits per heavy atom. The van der Waals surface area contributed by atoms with Crippen molar-refractivity contribution in [1.29, 1.82) is 0 Å². The zero-order chi connectivity index (χ0) is 18.0. The fourth-order valence-corrected chi connectivity index (χ4v) is 5.10. The molecule has 1 saturated heterocycles. The van der Waals surface area contributed by atoms with Crippen LogP contribution in [0.5, 0.6) is 0 Å². The maximum Gasteiger partial charge on any atom is 0.315 e. The molecule has 0 bridgehead atoms. The predicted molar refractivity (Wildman–Crippen MR) is 94.8 cm³/mol. The van der Waals surface area contributed by atoms with Gasteiger partial charge in [0.25, 0.3) is 0 Å². The fourth-order valence-electron chi connectivity index (χ4n) is 5.10. The summed E-state index contributed by atoms with van der Waals surface area (Å²) in [5.74, 6) is 0.0542. The van der Waals surface area contributed by atoms with Crippen LogP contribution in [-0.4, -0.2) is 49.6 Å². The summed E-state index contributed by atoms with van der Waals surface area (Å²) in [5, 5.41) is 13.4. The van der Waals surface area contributed by atoms with E-state index >= 15 is 0 Å². The van der Waals surface area contributed by atoms with Crippen LogP contribution in [0.1, 0.15) is 46.5 Å². The molecule has 5 nitrogen and oxygen atoms in total. The van der Waals surface area contributed by atoms with Crippen LogP contribution in [-0.2, 0) is 14.3 Å². The Labute approximate surface area is 151 Å². The molecule has 3 aliphatic rings. The molecule has 3 N–H and O–H groups in total. The van der Waals surface area contributed by atoms with E-state index in [1.54, 1.807) is 0 Å². The molecule has 6 atom stereocenters. The van der Waals surface area contributed by atoms with E-state index in [9.17, 15) is 9.90 Å². The molecule has 0 amide bonds. The number of aliphatic hydroxyl groups is 1. The van der Waals surface area contributed by atoms with Gasteiger partial charge in [0, 0.05) is 30.8 Å². The molecule has 0 unspecified atom stereocenters. The van der Waals surface area contributed by atoms with E-state index in [2.05, 4.69) is 25.2 Å². The lowest BCUT2D eigenvalue weighted by atomic mass is 9.55. The lowest BCUT2D eigenvalue weighted by Gasteiger charge is -2.51. The Bertz CT molecular complexity index is 520. The van der Waals surface area contributed by atoms with Gasteiger partial charge in [-0.25, -0.2) is 0 Å². The Kier molecular flexibility index (Phi) is 5.86. The molecule has 0 aromatic rings. The standard InChI is InChI=1S/C20H33NO4/c1-4-24-10-6-9-21-12-15-17-16(25-19(15)23)11-14-8-5-7-13(2)20(14,3)18(17)22/h8,13,15-18,21-22H,4-7,9-12H2,1-3H3/p+1/t13-,15-,16-,17+,18+,20-/m0/s1. The van der Waals surface area contributed by atoms with Crippen molar-refractivity contribution in [1.82, 2.24) is 0 Å². The van der Waals surface area contributed by atoms with E-state index in [4.69, 9.17) is 9.47 Å². The van der Waals surface area contributed by atoms with Crippen LogP contribution in [0.15, 0.2) is 11.6 Å². The molecule has 142 valence electrons. The van der Waals surface area contributed by atoms with Crippen molar-refractivity contribution in [3.8, 4) is 0 Å². The summed E-state index contributed by atoms with van der Waals surface area (Å²) in [6.07, 6.45) is 5.59. The van der Waals surface area contributed by atoms with E-state index in [-0.39, 0.29) is 29.3 Å². The van der Waals surface area contributed by atoms with Gasteiger partial charge in [-0.15, -0.1) is 0 Å². The SMILES string of the molecule is CCOCCC[NH2+]C[C@@H]1C(=O)O[C@H]2CC3=CCC[C@H](C)[C@]3(C)[C@H](O)[C@@H]21. The number of hydrogen-bond acceptors (Lipinski definition) is 4. The minimum atomic E-state index is -0.499. The van der Waals surface area contributed by atoms with Crippen LogP contribution >= 0.6 is 0 Å². The smallest absolute Gasteiger partial charge is 0.315 e. The van der Waals surface area contributed by atoms with Crippen LogP contribution in [0.4, 0.5) is 0 Å². The summed E-state index contributed by atoms with van der Waals surface area (Å²) in [5.41, 5.74) is 1.09. The third kappa shape index (κ3) is 3.38. The molecule has 0 radical (unpaired) electrons. The summed E-state index contributed by atoms with van der Waals surface area (Å²) in [4.78, 5) is 12.4. The van der Waals surface area contributed by atoms with Gasteiger partial charge in [0.2, 0.25) is 0 Å². The van der Waals surface area contributed by atoms with Crippen LogP contribution in [0.2, 0.25) is 0 Å². The predicted octanol–water partition coefficient (Wildman–Crippen LogP) is 1.26.